The molecule has 1 aliphatic rings. The van der Waals surface area contributed by atoms with E-state index in [4.69, 9.17) is 11.6 Å². The first-order valence-electron chi connectivity index (χ1n) is 8.75. The zero-order valence-electron chi connectivity index (χ0n) is 14.8. The van der Waals surface area contributed by atoms with Gasteiger partial charge in [-0.25, -0.2) is 15.0 Å². The second kappa shape index (κ2) is 7.62. The number of hydrogen-bond donors (Lipinski definition) is 1. The van der Waals surface area contributed by atoms with Crippen LogP contribution >= 0.6 is 22.9 Å². The standard InChI is InChI=1S/C19H18ClN5OS/c1-2-16-22-15(20)10-17(23-16)24-19-21-13-8-9-25(11-14(13)27-19)18(26)12-6-4-3-5-7-12/h3-7,10H,2,8-9,11H2,1H3,(H,21,22,23,24). The summed E-state index contributed by atoms with van der Waals surface area (Å²) in [6.45, 7) is 3.23. The van der Waals surface area contributed by atoms with Crippen molar-refractivity contribution >= 4 is 39.8 Å². The fraction of sp³-hybridized carbons (Fsp3) is 0.263. The van der Waals surface area contributed by atoms with Crippen LogP contribution < -0.4 is 5.32 Å². The van der Waals surface area contributed by atoms with Crippen molar-refractivity contribution in [1.82, 2.24) is 19.9 Å². The number of nitrogens with zero attached hydrogens (tertiary/aromatic N) is 4. The van der Waals surface area contributed by atoms with Gasteiger partial charge in [-0.05, 0) is 12.1 Å². The number of aryl methyl sites for hydroxylation is 1. The van der Waals surface area contributed by atoms with Gasteiger partial charge in [-0.15, -0.1) is 0 Å². The highest BCUT2D eigenvalue weighted by Crippen LogP contribution is 2.30. The van der Waals surface area contributed by atoms with Gasteiger partial charge in [0.1, 0.15) is 16.8 Å². The summed E-state index contributed by atoms with van der Waals surface area (Å²) < 4.78 is 0. The van der Waals surface area contributed by atoms with Crippen molar-refractivity contribution < 1.29 is 4.79 Å². The average molecular weight is 400 g/mol. The van der Waals surface area contributed by atoms with Crippen LogP contribution in [0.2, 0.25) is 5.15 Å². The maximum Gasteiger partial charge on any atom is 0.254 e. The van der Waals surface area contributed by atoms with Crippen molar-refractivity contribution in [1.29, 1.82) is 0 Å². The molecule has 3 heterocycles. The summed E-state index contributed by atoms with van der Waals surface area (Å²) in [6.07, 6.45) is 1.46. The van der Waals surface area contributed by atoms with Crippen LogP contribution in [-0.2, 0) is 19.4 Å². The van der Waals surface area contributed by atoms with E-state index in [-0.39, 0.29) is 5.91 Å². The number of aromatic nitrogens is 3. The molecule has 1 amide bonds. The van der Waals surface area contributed by atoms with Gasteiger partial charge in [0.25, 0.3) is 5.91 Å². The molecule has 8 heteroatoms. The number of anilines is 2. The molecule has 2 aromatic heterocycles. The lowest BCUT2D eigenvalue weighted by Crippen LogP contribution is -2.35. The topological polar surface area (TPSA) is 71.0 Å². The van der Waals surface area contributed by atoms with Gasteiger partial charge < -0.3 is 10.2 Å². The van der Waals surface area contributed by atoms with E-state index in [0.717, 1.165) is 22.1 Å². The molecule has 27 heavy (non-hydrogen) atoms. The van der Waals surface area contributed by atoms with Crippen molar-refractivity contribution in [3.05, 3.63) is 63.5 Å². The molecule has 1 aromatic carbocycles. The summed E-state index contributed by atoms with van der Waals surface area (Å²) in [5, 5.41) is 4.38. The van der Waals surface area contributed by atoms with Gasteiger partial charge in [0.05, 0.1) is 12.2 Å². The lowest BCUT2D eigenvalue weighted by atomic mass is 10.1. The van der Waals surface area contributed by atoms with Crippen molar-refractivity contribution in [3.8, 4) is 0 Å². The van der Waals surface area contributed by atoms with E-state index in [2.05, 4.69) is 20.3 Å². The summed E-state index contributed by atoms with van der Waals surface area (Å²) >= 11 is 7.60. The van der Waals surface area contributed by atoms with Crippen molar-refractivity contribution in [2.24, 2.45) is 0 Å². The van der Waals surface area contributed by atoms with Gasteiger partial charge in [-0.2, -0.15) is 0 Å². The Morgan fingerprint density at radius 2 is 2.07 bits per heavy atom. The summed E-state index contributed by atoms with van der Waals surface area (Å²) in [6, 6.07) is 11.1. The fourth-order valence-electron chi connectivity index (χ4n) is 2.98. The number of halogens is 1. The minimum Gasteiger partial charge on any atom is -0.333 e. The maximum atomic E-state index is 12.7. The largest absolute Gasteiger partial charge is 0.333 e. The highest BCUT2D eigenvalue weighted by Gasteiger charge is 2.25. The van der Waals surface area contributed by atoms with E-state index < -0.39 is 0 Å². The Kier molecular flexibility index (Phi) is 5.05. The van der Waals surface area contributed by atoms with Gasteiger partial charge in [-0.3, -0.25) is 4.79 Å². The molecule has 0 fully saturated rings. The molecule has 0 unspecified atom stereocenters. The minimum absolute atomic E-state index is 0.0549. The van der Waals surface area contributed by atoms with E-state index in [1.54, 1.807) is 17.4 Å². The highest BCUT2D eigenvalue weighted by molar-refractivity contribution is 7.15. The van der Waals surface area contributed by atoms with E-state index in [1.807, 2.05) is 42.2 Å². The zero-order valence-corrected chi connectivity index (χ0v) is 16.3. The molecule has 3 aromatic rings. The van der Waals surface area contributed by atoms with E-state index in [9.17, 15) is 4.79 Å². The Morgan fingerprint density at radius 1 is 1.26 bits per heavy atom. The Morgan fingerprint density at radius 3 is 2.85 bits per heavy atom. The van der Waals surface area contributed by atoms with Crippen LogP contribution in [0.1, 0.15) is 33.7 Å². The predicted octanol–water partition coefficient (Wildman–Crippen LogP) is 4.09. The number of thiazole rings is 1. The van der Waals surface area contributed by atoms with Crippen molar-refractivity contribution in [2.75, 3.05) is 11.9 Å². The molecular formula is C19H18ClN5OS. The molecule has 1 N–H and O–H groups in total. The van der Waals surface area contributed by atoms with Gasteiger partial charge in [-0.1, -0.05) is 48.1 Å². The monoisotopic (exact) mass is 399 g/mol. The van der Waals surface area contributed by atoms with E-state index in [1.165, 1.54) is 0 Å². The van der Waals surface area contributed by atoms with Crippen LogP contribution in [0.15, 0.2) is 36.4 Å². The summed E-state index contributed by atoms with van der Waals surface area (Å²) in [4.78, 5) is 28.9. The Balaban J connectivity index is 1.51. The number of carbonyl (C=O) groups excluding carboxylic acids is 1. The number of carbonyl (C=O) groups is 1. The van der Waals surface area contributed by atoms with Crippen LogP contribution in [0.3, 0.4) is 0 Å². The van der Waals surface area contributed by atoms with Crippen molar-refractivity contribution in [2.45, 2.75) is 26.3 Å². The molecule has 0 atom stereocenters. The number of hydrogen-bond acceptors (Lipinski definition) is 6. The Bertz CT molecular complexity index is 975. The minimum atomic E-state index is 0.0549. The summed E-state index contributed by atoms with van der Waals surface area (Å²) in [7, 11) is 0. The lowest BCUT2D eigenvalue weighted by Gasteiger charge is -2.26. The first-order chi connectivity index (χ1) is 13.1. The molecule has 0 spiro atoms. The normalized spacial score (nSPS) is 13.3. The van der Waals surface area contributed by atoms with Crippen LogP contribution in [-0.4, -0.2) is 32.3 Å². The number of nitrogens with one attached hydrogen (secondary N) is 1. The van der Waals surface area contributed by atoms with Crippen LogP contribution in [0.4, 0.5) is 10.9 Å². The Labute approximate surface area is 166 Å². The SMILES string of the molecule is CCc1nc(Cl)cc(Nc2nc3c(s2)CN(C(=O)c2ccccc2)CC3)n1. The van der Waals surface area contributed by atoms with Crippen LogP contribution in [0.25, 0.3) is 0 Å². The first kappa shape index (κ1) is 17.9. The molecule has 0 radical (unpaired) electrons. The van der Waals surface area contributed by atoms with Gasteiger partial charge in [0.2, 0.25) is 0 Å². The quantitative estimate of drug-likeness (QED) is 0.669. The smallest absolute Gasteiger partial charge is 0.254 e. The number of benzene rings is 1. The molecule has 0 saturated heterocycles. The van der Waals surface area contributed by atoms with Gasteiger partial charge >= 0.3 is 0 Å². The first-order valence-corrected chi connectivity index (χ1v) is 9.95. The number of rotatable bonds is 4. The Hall–Kier alpha value is -2.51. The third-order valence-electron chi connectivity index (χ3n) is 4.33. The number of fused-ring (bicyclic) bond motifs is 1. The molecule has 138 valence electrons. The highest BCUT2D eigenvalue weighted by atomic mass is 35.5. The third kappa shape index (κ3) is 3.94. The predicted molar refractivity (Wildman–Crippen MR) is 107 cm³/mol. The van der Waals surface area contributed by atoms with Crippen LogP contribution in [0.5, 0.6) is 0 Å². The maximum absolute atomic E-state index is 12.7. The summed E-state index contributed by atoms with van der Waals surface area (Å²) in [5.74, 6) is 1.38. The van der Waals surface area contributed by atoms with E-state index in [0.29, 0.717) is 41.9 Å². The molecule has 6 nitrogen and oxygen atoms in total. The molecule has 1 aliphatic heterocycles. The third-order valence-corrected chi connectivity index (χ3v) is 5.52. The average Bonchev–Trinajstić information content (AvgIpc) is 3.08. The molecule has 0 saturated carbocycles. The lowest BCUT2D eigenvalue weighted by molar-refractivity contribution is 0.0736. The molecular weight excluding hydrogens is 382 g/mol. The second-order valence-electron chi connectivity index (χ2n) is 6.20. The van der Waals surface area contributed by atoms with E-state index >= 15 is 0 Å². The second-order valence-corrected chi connectivity index (χ2v) is 7.67. The molecule has 0 aliphatic carbocycles. The van der Waals surface area contributed by atoms with Gasteiger partial charge in [0.15, 0.2) is 5.13 Å². The van der Waals surface area contributed by atoms with Gasteiger partial charge in [0, 0.05) is 35.9 Å². The molecule has 4 rings (SSSR count). The summed E-state index contributed by atoms with van der Waals surface area (Å²) in [5.41, 5.74) is 1.75. The fourth-order valence-corrected chi connectivity index (χ4v) is 4.21. The zero-order chi connectivity index (χ0) is 18.8. The van der Waals surface area contributed by atoms with Crippen molar-refractivity contribution in [3.63, 3.8) is 0 Å². The van der Waals surface area contributed by atoms with Crippen LogP contribution in [0, 0.1) is 0 Å². The molecule has 0 bridgehead atoms. The number of amides is 1.